The lowest BCUT2D eigenvalue weighted by Crippen LogP contribution is -2.48. The number of rotatable bonds is 1. The fourth-order valence-electron chi connectivity index (χ4n) is 3.44. The number of likely N-dealkylation sites (N-methyl/N-ethyl adjacent to an activating group) is 1. The summed E-state index contributed by atoms with van der Waals surface area (Å²) in [5.74, 6) is 1.04. The van der Waals surface area contributed by atoms with Gasteiger partial charge in [0.05, 0.1) is 24.3 Å². The molecule has 1 aromatic heterocycles. The molecule has 5 heteroatoms. The van der Waals surface area contributed by atoms with Crippen LogP contribution in [0.4, 0.5) is 5.82 Å². The van der Waals surface area contributed by atoms with E-state index in [0.717, 1.165) is 43.0 Å². The molecule has 4 rings (SSSR count). The molecule has 2 aliphatic rings. The summed E-state index contributed by atoms with van der Waals surface area (Å²) >= 11 is 0. The first-order valence-electron chi connectivity index (χ1n) is 7.50. The molecule has 21 heavy (non-hydrogen) atoms. The largest absolute Gasteiger partial charge is 0.373 e. The topological polar surface area (TPSA) is 41.5 Å². The second-order valence-corrected chi connectivity index (χ2v) is 6.08. The Bertz CT molecular complexity index is 674. The first-order valence-corrected chi connectivity index (χ1v) is 7.50. The Morgan fingerprint density at radius 2 is 2.14 bits per heavy atom. The van der Waals surface area contributed by atoms with Crippen LogP contribution in [0.2, 0.25) is 0 Å². The van der Waals surface area contributed by atoms with Crippen LogP contribution in [-0.4, -0.2) is 60.3 Å². The molecule has 1 aromatic carbocycles. The van der Waals surface area contributed by atoms with Crippen molar-refractivity contribution in [3.63, 3.8) is 0 Å². The number of anilines is 1. The van der Waals surface area contributed by atoms with E-state index >= 15 is 0 Å². The van der Waals surface area contributed by atoms with Crippen molar-refractivity contribution in [3.05, 3.63) is 30.1 Å². The molecule has 0 saturated carbocycles. The minimum Gasteiger partial charge on any atom is -0.373 e. The molecule has 0 spiro atoms. The number of aryl methyl sites for hydroxylation is 1. The zero-order chi connectivity index (χ0) is 14.4. The highest BCUT2D eigenvalue weighted by molar-refractivity contribution is 5.90. The Morgan fingerprint density at radius 1 is 1.24 bits per heavy atom. The molecular weight excluding hydrogens is 264 g/mol. The predicted molar refractivity (Wildman–Crippen MR) is 82.6 cm³/mol. The van der Waals surface area contributed by atoms with Gasteiger partial charge in [-0.15, -0.1) is 0 Å². The van der Waals surface area contributed by atoms with Gasteiger partial charge in [0.25, 0.3) is 0 Å². The van der Waals surface area contributed by atoms with Gasteiger partial charge in [-0.3, -0.25) is 4.90 Å². The zero-order valence-electron chi connectivity index (χ0n) is 12.5. The summed E-state index contributed by atoms with van der Waals surface area (Å²) in [6, 6.07) is 6.81. The number of ether oxygens (including phenoxy) is 1. The summed E-state index contributed by atoms with van der Waals surface area (Å²) in [5, 5.41) is 1.14. The van der Waals surface area contributed by atoms with Crippen molar-refractivity contribution in [1.82, 2.24) is 14.9 Å². The molecular formula is C16H20N4O. The minimum atomic E-state index is 0.290. The number of hydrogen-bond acceptors (Lipinski definition) is 5. The highest BCUT2D eigenvalue weighted by atomic mass is 16.5. The van der Waals surface area contributed by atoms with Crippen LogP contribution in [0.25, 0.3) is 10.9 Å². The molecule has 2 unspecified atom stereocenters. The second kappa shape index (κ2) is 4.93. The van der Waals surface area contributed by atoms with Crippen LogP contribution >= 0.6 is 0 Å². The highest BCUT2D eigenvalue weighted by Gasteiger charge is 2.39. The second-order valence-electron chi connectivity index (χ2n) is 6.08. The van der Waals surface area contributed by atoms with Gasteiger partial charge in [0, 0.05) is 25.0 Å². The molecule has 2 saturated heterocycles. The van der Waals surface area contributed by atoms with E-state index in [4.69, 9.17) is 4.74 Å². The molecule has 0 bridgehead atoms. The third kappa shape index (κ3) is 2.17. The van der Waals surface area contributed by atoms with Crippen molar-refractivity contribution in [2.75, 3.05) is 38.2 Å². The maximum absolute atomic E-state index is 5.93. The van der Waals surface area contributed by atoms with Crippen molar-refractivity contribution < 1.29 is 4.74 Å². The van der Waals surface area contributed by atoms with Gasteiger partial charge in [-0.25, -0.2) is 9.97 Å². The quantitative estimate of drug-likeness (QED) is 0.793. The molecule has 0 amide bonds. The molecule has 3 heterocycles. The summed E-state index contributed by atoms with van der Waals surface area (Å²) in [7, 11) is 2.19. The van der Waals surface area contributed by atoms with Gasteiger partial charge in [0.2, 0.25) is 0 Å². The Kier molecular flexibility index (Phi) is 3.05. The van der Waals surface area contributed by atoms with Gasteiger partial charge in [-0.05, 0) is 26.1 Å². The van der Waals surface area contributed by atoms with Crippen LogP contribution in [-0.2, 0) is 4.74 Å². The number of benzene rings is 1. The normalized spacial score (nSPS) is 26.3. The van der Waals surface area contributed by atoms with E-state index in [1.54, 1.807) is 6.33 Å². The van der Waals surface area contributed by atoms with Gasteiger partial charge in [0.15, 0.2) is 0 Å². The summed E-state index contributed by atoms with van der Waals surface area (Å²) in [6.07, 6.45) is 1.96. The van der Waals surface area contributed by atoms with E-state index in [2.05, 4.69) is 51.9 Å². The van der Waals surface area contributed by atoms with Gasteiger partial charge < -0.3 is 9.64 Å². The number of fused-ring (bicyclic) bond motifs is 2. The van der Waals surface area contributed by atoms with Crippen LogP contribution in [0, 0.1) is 6.92 Å². The summed E-state index contributed by atoms with van der Waals surface area (Å²) in [5.41, 5.74) is 2.25. The van der Waals surface area contributed by atoms with Gasteiger partial charge in [0.1, 0.15) is 12.1 Å². The van der Waals surface area contributed by atoms with Crippen LogP contribution in [0.1, 0.15) is 5.56 Å². The van der Waals surface area contributed by atoms with E-state index in [-0.39, 0.29) is 0 Å². The summed E-state index contributed by atoms with van der Waals surface area (Å²) < 4.78 is 5.93. The van der Waals surface area contributed by atoms with E-state index in [1.165, 1.54) is 5.56 Å². The van der Waals surface area contributed by atoms with Crippen molar-refractivity contribution >= 4 is 16.7 Å². The van der Waals surface area contributed by atoms with Crippen LogP contribution in [0.3, 0.4) is 0 Å². The predicted octanol–water partition coefficient (Wildman–Crippen LogP) is 1.46. The molecule has 2 aliphatic heterocycles. The lowest BCUT2D eigenvalue weighted by atomic mass is 10.1. The van der Waals surface area contributed by atoms with Crippen LogP contribution in [0.5, 0.6) is 0 Å². The van der Waals surface area contributed by atoms with E-state index in [0.29, 0.717) is 12.1 Å². The van der Waals surface area contributed by atoms with Crippen molar-refractivity contribution in [2.24, 2.45) is 0 Å². The van der Waals surface area contributed by atoms with Crippen molar-refractivity contribution in [3.8, 4) is 0 Å². The average molecular weight is 284 g/mol. The average Bonchev–Trinajstić information content (AvgIpc) is 2.92. The van der Waals surface area contributed by atoms with Crippen LogP contribution in [0.15, 0.2) is 24.5 Å². The van der Waals surface area contributed by atoms with Crippen molar-refractivity contribution in [2.45, 2.75) is 19.1 Å². The standard InChI is InChI=1S/C16H20N4O/c1-11-3-4-13-12(7-11)16(18-10-17-13)20-8-14-15(9-20)21-6-5-19(14)2/h3-4,7,10,14-15H,5-6,8-9H2,1-2H3. The molecule has 0 N–H and O–H groups in total. The minimum absolute atomic E-state index is 0.290. The molecule has 2 atom stereocenters. The molecule has 110 valence electrons. The SMILES string of the molecule is Cc1ccc2ncnc(N3CC4OCCN(C)C4C3)c2c1. The first kappa shape index (κ1) is 13.0. The number of morpholine rings is 1. The lowest BCUT2D eigenvalue weighted by molar-refractivity contribution is -0.0362. The van der Waals surface area contributed by atoms with Crippen LogP contribution < -0.4 is 4.90 Å². The lowest BCUT2D eigenvalue weighted by Gasteiger charge is -2.33. The first-order chi connectivity index (χ1) is 10.2. The van der Waals surface area contributed by atoms with E-state index < -0.39 is 0 Å². The highest BCUT2D eigenvalue weighted by Crippen LogP contribution is 2.30. The molecule has 2 aromatic rings. The number of nitrogens with zero attached hydrogens (tertiary/aromatic N) is 4. The van der Waals surface area contributed by atoms with Gasteiger partial charge in [-0.2, -0.15) is 0 Å². The Labute approximate surface area is 124 Å². The van der Waals surface area contributed by atoms with E-state index in [9.17, 15) is 0 Å². The fraction of sp³-hybridized carbons (Fsp3) is 0.500. The molecule has 5 nitrogen and oxygen atoms in total. The molecule has 0 aliphatic carbocycles. The maximum atomic E-state index is 5.93. The van der Waals surface area contributed by atoms with E-state index in [1.807, 2.05) is 0 Å². The number of hydrogen-bond donors (Lipinski definition) is 0. The zero-order valence-corrected chi connectivity index (χ0v) is 12.5. The third-order valence-corrected chi connectivity index (χ3v) is 4.65. The molecule has 2 fully saturated rings. The van der Waals surface area contributed by atoms with Gasteiger partial charge in [-0.1, -0.05) is 11.6 Å². The monoisotopic (exact) mass is 284 g/mol. The smallest absolute Gasteiger partial charge is 0.140 e. The summed E-state index contributed by atoms with van der Waals surface area (Å²) in [6.45, 7) is 5.83. The maximum Gasteiger partial charge on any atom is 0.140 e. The fourth-order valence-corrected chi connectivity index (χ4v) is 3.44. The Morgan fingerprint density at radius 3 is 3.00 bits per heavy atom. The Hall–Kier alpha value is -1.72. The number of aromatic nitrogens is 2. The third-order valence-electron chi connectivity index (χ3n) is 4.65. The molecule has 0 radical (unpaired) electrons. The Balaban J connectivity index is 1.72. The van der Waals surface area contributed by atoms with Gasteiger partial charge >= 0.3 is 0 Å². The summed E-state index contributed by atoms with van der Waals surface area (Å²) in [4.78, 5) is 13.7. The van der Waals surface area contributed by atoms with Crippen molar-refractivity contribution in [1.29, 1.82) is 0 Å².